The minimum absolute atomic E-state index is 0.242. The molecule has 0 aliphatic rings. The Bertz CT molecular complexity index is 674. The van der Waals surface area contributed by atoms with E-state index in [9.17, 15) is 18.0 Å². The van der Waals surface area contributed by atoms with Crippen LogP contribution in [0.15, 0.2) is 12.1 Å². The van der Waals surface area contributed by atoms with Crippen LogP contribution in [0.1, 0.15) is 16.8 Å². The number of aryl methyl sites for hydroxylation is 1. The van der Waals surface area contributed by atoms with Gasteiger partial charge in [-0.1, -0.05) is 0 Å². The van der Waals surface area contributed by atoms with Crippen LogP contribution >= 0.6 is 0 Å². The van der Waals surface area contributed by atoms with Crippen LogP contribution in [0.5, 0.6) is 5.75 Å². The lowest BCUT2D eigenvalue weighted by Crippen LogP contribution is -2.07. The van der Waals surface area contributed by atoms with Gasteiger partial charge in [-0.05, 0) is 24.6 Å². The molecule has 1 aromatic heterocycles. The first-order valence-electron chi connectivity index (χ1n) is 5.72. The van der Waals surface area contributed by atoms with Crippen LogP contribution in [-0.4, -0.2) is 23.2 Å². The third-order valence-corrected chi connectivity index (χ3v) is 3.07. The average Bonchev–Trinajstić information content (AvgIpc) is 2.62. The molecule has 4 nitrogen and oxygen atoms in total. The number of halogens is 3. The van der Waals surface area contributed by atoms with Crippen LogP contribution < -0.4 is 4.74 Å². The third-order valence-electron chi connectivity index (χ3n) is 3.07. The zero-order chi connectivity index (χ0) is 15.1. The number of aromatic nitrogens is 1. The van der Waals surface area contributed by atoms with Crippen molar-refractivity contribution in [3.8, 4) is 5.75 Å². The predicted octanol–water partition coefficient (Wildman–Crippen LogP) is 3.13. The number of hydrogen-bond acceptors (Lipinski definition) is 2. The van der Waals surface area contributed by atoms with E-state index in [-0.39, 0.29) is 17.7 Å². The number of alkyl halides is 3. The number of carboxylic acids is 1. The second-order valence-corrected chi connectivity index (χ2v) is 4.39. The third kappa shape index (κ3) is 2.43. The number of aliphatic carboxylic acids is 1. The molecule has 7 heteroatoms. The number of hydrogen-bond donors (Lipinski definition) is 2. The molecule has 2 rings (SSSR count). The Balaban J connectivity index is 2.71. The summed E-state index contributed by atoms with van der Waals surface area (Å²) in [5, 5.41) is 9.28. The molecule has 1 heterocycles. The van der Waals surface area contributed by atoms with Gasteiger partial charge in [0.2, 0.25) is 0 Å². The summed E-state index contributed by atoms with van der Waals surface area (Å²) in [6.45, 7) is 1.62. The Morgan fingerprint density at radius 3 is 2.55 bits per heavy atom. The number of H-pyrrole nitrogens is 1. The molecule has 0 saturated carbocycles. The molecule has 20 heavy (non-hydrogen) atoms. The van der Waals surface area contributed by atoms with Crippen molar-refractivity contribution in [2.45, 2.75) is 19.5 Å². The second kappa shape index (κ2) is 4.73. The van der Waals surface area contributed by atoms with Crippen molar-refractivity contribution < 1.29 is 27.8 Å². The number of benzene rings is 1. The fourth-order valence-corrected chi connectivity index (χ4v) is 2.18. The molecule has 0 aliphatic carbocycles. The maximum Gasteiger partial charge on any atom is 0.420 e. The van der Waals surface area contributed by atoms with E-state index in [1.54, 1.807) is 6.92 Å². The number of fused-ring (bicyclic) bond motifs is 1. The summed E-state index contributed by atoms with van der Waals surface area (Å²) in [5.41, 5.74) is 0.339. The number of aromatic amines is 1. The molecule has 2 N–H and O–H groups in total. The molecular weight excluding hydrogens is 275 g/mol. The highest BCUT2D eigenvalue weighted by Gasteiger charge is 2.35. The van der Waals surface area contributed by atoms with Gasteiger partial charge in [0, 0.05) is 16.6 Å². The highest BCUT2D eigenvalue weighted by Crippen LogP contribution is 2.39. The first-order chi connectivity index (χ1) is 9.24. The summed E-state index contributed by atoms with van der Waals surface area (Å²) in [5.74, 6) is -1.37. The van der Waals surface area contributed by atoms with Gasteiger partial charge in [-0.3, -0.25) is 4.79 Å². The Morgan fingerprint density at radius 1 is 1.40 bits per heavy atom. The average molecular weight is 287 g/mol. The molecule has 0 atom stereocenters. The van der Waals surface area contributed by atoms with Crippen LogP contribution in [0.4, 0.5) is 13.2 Å². The summed E-state index contributed by atoms with van der Waals surface area (Å²) < 4.78 is 43.4. The van der Waals surface area contributed by atoms with Crippen molar-refractivity contribution >= 4 is 16.9 Å². The van der Waals surface area contributed by atoms with E-state index in [1.165, 1.54) is 6.07 Å². The lowest BCUT2D eigenvalue weighted by Gasteiger charge is -2.12. The standard InChI is InChI=1S/C13H12F3NO3/c1-6-7(4-12(18)19)8-3-11(20-2)9(13(14,15)16)5-10(8)17-6/h3,5,17H,4H2,1-2H3,(H,18,19). The molecule has 0 bridgehead atoms. The first kappa shape index (κ1) is 14.2. The Labute approximate surface area is 112 Å². The van der Waals surface area contributed by atoms with Crippen molar-refractivity contribution in [3.05, 3.63) is 29.0 Å². The summed E-state index contributed by atoms with van der Waals surface area (Å²) in [6, 6.07) is 2.16. The summed E-state index contributed by atoms with van der Waals surface area (Å²) in [6.07, 6.45) is -4.80. The first-order valence-corrected chi connectivity index (χ1v) is 5.72. The lowest BCUT2D eigenvalue weighted by molar-refractivity contribution is -0.139. The van der Waals surface area contributed by atoms with Gasteiger partial charge < -0.3 is 14.8 Å². The van der Waals surface area contributed by atoms with Crippen molar-refractivity contribution in [3.63, 3.8) is 0 Å². The van der Waals surface area contributed by atoms with E-state index < -0.39 is 17.7 Å². The van der Waals surface area contributed by atoms with Crippen LogP contribution in [0, 0.1) is 6.92 Å². The van der Waals surface area contributed by atoms with E-state index in [4.69, 9.17) is 9.84 Å². The van der Waals surface area contributed by atoms with Crippen LogP contribution in [-0.2, 0) is 17.4 Å². The minimum atomic E-state index is -4.54. The molecule has 0 aliphatic heterocycles. The Hall–Kier alpha value is -2.18. The zero-order valence-corrected chi connectivity index (χ0v) is 10.8. The molecule has 1 aromatic carbocycles. The van der Waals surface area contributed by atoms with Gasteiger partial charge in [0.1, 0.15) is 5.75 Å². The van der Waals surface area contributed by atoms with Crippen molar-refractivity contribution in [1.29, 1.82) is 0 Å². The smallest absolute Gasteiger partial charge is 0.420 e. The van der Waals surface area contributed by atoms with Gasteiger partial charge in [-0.25, -0.2) is 0 Å². The summed E-state index contributed by atoms with van der Waals surface area (Å²) >= 11 is 0. The van der Waals surface area contributed by atoms with E-state index in [0.717, 1.165) is 13.2 Å². The second-order valence-electron chi connectivity index (χ2n) is 4.39. The maximum atomic E-state index is 12.9. The number of rotatable bonds is 3. The fourth-order valence-electron chi connectivity index (χ4n) is 2.18. The molecule has 2 aromatic rings. The van der Waals surface area contributed by atoms with Gasteiger partial charge in [0.05, 0.1) is 19.1 Å². The van der Waals surface area contributed by atoms with Gasteiger partial charge >= 0.3 is 12.1 Å². The van der Waals surface area contributed by atoms with E-state index in [1.807, 2.05) is 0 Å². The normalized spacial score (nSPS) is 11.8. The predicted molar refractivity (Wildman–Crippen MR) is 65.9 cm³/mol. The Morgan fingerprint density at radius 2 is 2.05 bits per heavy atom. The van der Waals surface area contributed by atoms with Crippen LogP contribution in [0.2, 0.25) is 0 Å². The van der Waals surface area contributed by atoms with Crippen LogP contribution in [0.25, 0.3) is 10.9 Å². The van der Waals surface area contributed by atoms with Gasteiger partial charge in [-0.15, -0.1) is 0 Å². The van der Waals surface area contributed by atoms with E-state index in [0.29, 0.717) is 16.6 Å². The fraction of sp³-hybridized carbons (Fsp3) is 0.308. The SMILES string of the molecule is COc1cc2c(CC(=O)O)c(C)[nH]c2cc1C(F)(F)F. The van der Waals surface area contributed by atoms with Crippen molar-refractivity contribution in [2.75, 3.05) is 7.11 Å². The molecular formula is C13H12F3NO3. The molecule has 0 fully saturated rings. The molecule has 0 spiro atoms. The van der Waals surface area contributed by atoms with E-state index >= 15 is 0 Å². The van der Waals surface area contributed by atoms with Gasteiger partial charge in [0.25, 0.3) is 0 Å². The molecule has 108 valence electrons. The number of carboxylic acid groups (broad SMARTS) is 1. The number of ether oxygens (including phenoxy) is 1. The highest BCUT2D eigenvalue weighted by molar-refractivity contribution is 5.90. The molecule has 0 amide bonds. The topological polar surface area (TPSA) is 62.3 Å². The molecule has 0 radical (unpaired) electrons. The molecule has 0 unspecified atom stereocenters. The van der Waals surface area contributed by atoms with Crippen molar-refractivity contribution in [1.82, 2.24) is 4.98 Å². The van der Waals surface area contributed by atoms with Gasteiger partial charge in [-0.2, -0.15) is 13.2 Å². The monoisotopic (exact) mass is 287 g/mol. The van der Waals surface area contributed by atoms with Gasteiger partial charge in [0.15, 0.2) is 0 Å². The molecule has 0 saturated heterocycles. The lowest BCUT2D eigenvalue weighted by atomic mass is 10.0. The summed E-state index contributed by atoms with van der Waals surface area (Å²) in [7, 11) is 1.15. The maximum absolute atomic E-state index is 12.9. The highest BCUT2D eigenvalue weighted by atomic mass is 19.4. The van der Waals surface area contributed by atoms with Crippen LogP contribution in [0.3, 0.4) is 0 Å². The zero-order valence-electron chi connectivity index (χ0n) is 10.8. The number of carbonyl (C=O) groups is 1. The van der Waals surface area contributed by atoms with E-state index in [2.05, 4.69) is 4.98 Å². The summed E-state index contributed by atoms with van der Waals surface area (Å²) in [4.78, 5) is 13.6. The number of nitrogens with one attached hydrogen (secondary N) is 1. The largest absolute Gasteiger partial charge is 0.496 e. The number of methoxy groups -OCH3 is 1. The quantitative estimate of drug-likeness (QED) is 0.911. The minimum Gasteiger partial charge on any atom is -0.496 e. The Kier molecular flexibility index (Phi) is 3.37. The van der Waals surface area contributed by atoms with Crippen molar-refractivity contribution in [2.24, 2.45) is 0 Å².